The summed E-state index contributed by atoms with van der Waals surface area (Å²) in [6, 6.07) is 11.2. The number of anilines is 1. The highest BCUT2D eigenvalue weighted by Crippen LogP contribution is 2.24. The van der Waals surface area contributed by atoms with E-state index in [4.69, 9.17) is 4.74 Å². The van der Waals surface area contributed by atoms with Crippen LogP contribution in [0.25, 0.3) is 0 Å². The predicted molar refractivity (Wildman–Crippen MR) is 89.5 cm³/mol. The van der Waals surface area contributed by atoms with Gasteiger partial charge in [-0.2, -0.15) is 0 Å². The summed E-state index contributed by atoms with van der Waals surface area (Å²) >= 11 is 0. The highest BCUT2D eigenvalue weighted by molar-refractivity contribution is 5.96. The number of hydrogen-bond donors (Lipinski definition) is 2. The number of halogens is 1. The first-order chi connectivity index (χ1) is 11.5. The van der Waals surface area contributed by atoms with Gasteiger partial charge in [0.25, 0.3) is 0 Å². The Hall–Kier alpha value is -2.89. The second kappa shape index (κ2) is 8.10. The molecule has 0 fully saturated rings. The van der Waals surface area contributed by atoms with E-state index in [1.165, 1.54) is 25.3 Å². The Morgan fingerprint density at radius 2 is 1.92 bits per heavy atom. The van der Waals surface area contributed by atoms with Gasteiger partial charge in [0.2, 0.25) is 11.8 Å². The Bertz CT molecular complexity index is 747. The SMILES string of the molecule is COc1ccc(C)cc1NC(=O)CNC(=O)Cc1cccc(F)c1. The number of carbonyl (C=O) groups excluding carboxylic acids is 2. The van der Waals surface area contributed by atoms with Gasteiger partial charge in [-0.3, -0.25) is 9.59 Å². The summed E-state index contributed by atoms with van der Waals surface area (Å²) in [5, 5.41) is 5.20. The number of ether oxygens (including phenoxy) is 1. The smallest absolute Gasteiger partial charge is 0.243 e. The van der Waals surface area contributed by atoms with Gasteiger partial charge in [-0.25, -0.2) is 4.39 Å². The van der Waals surface area contributed by atoms with E-state index < -0.39 is 5.82 Å². The van der Waals surface area contributed by atoms with E-state index in [1.54, 1.807) is 18.2 Å². The maximum absolute atomic E-state index is 13.1. The van der Waals surface area contributed by atoms with E-state index in [-0.39, 0.29) is 24.8 Å². The van der Waals surface area contributed by atoms with Gasteiger partial charge in [0.1, 0.15) is 11.6 Å². The molecule has 0 aromatic heterocycles. The fourth-order valence-corrected chi connectivity index (χ4v) is 2.19. The first kappa shape index (κ1) is 17.5. The standard InChI is InChI=1S/C18H19FN2O3/c1-12-6-7-16(24-2)15(8-12)21-18(23)11-20-17(22)10-13-4-3-5-14(19)9-13/h3-9H,10-11H2,1-2H3,(H,20,22)(H,21,23). The lowest BCUT2D eigenvalue weighted by Crippen LogP contribution is -2.33. The van der Waals surface area contributed by atoms with Crippen molar-refractivity contribution in [1.29, 1.82) is 0 Å². The molecule has 0 radical (unpaired) electrons. The van der Waals surface area contributed by atoms with Crippen LogP contribution in [0.4, 0.5) is 10.1 Å². The third-order valence-electron chi connectivity index (χ3n) is 3.33. The quantitative estimate of drug-likeness (QED) is 0.855. The van der Waals surface area contributed by atoms with Crippen molar-refractivity contribution in [3.8, 4) is 5.75 Å². The summed E-state index contributed by atoms with van der Waals surface area (Å²) in [6.07, 6.45) is 0.0127. The molecule has 0 saturated heterocycles. The average Bonchev–Trinajstić information content (AvgIpc) is 2.53. The molecule has 0 atom stereocenters. The Balaban J connectivity index is 1.87. The molecule has 0 spiro atoms. The molecular formula is C18H19FN2O3. The lowest BCUT2D eigenvalue weighted by molar-refractivity contribution is -0.123. The minimum Gasteiger partial charge on any atom is -0.495 e. The summed E-state index contributed by atoms with van der Waals surface area (Å²) in [5.41, 5.74) is 2.07. The van der Waals surface area contributed by atoms with Gasteiger partial charge >= 0.3 is 0 Å². The molecule has 0 heterocycles. The molecular weight excluding hydrogens is 311 g/mol. The average molecular weight is 330 g/mol. The third kappa shape index (κ3) is 5.08. The monoisotopic (exact) mass is 330 g/mol. The molecule has 0 aliphatic rings. The van der Waals surface area contributed by atoms with Crippen LogP contribution in [0, 0.1) is 12.7 Å². The number of aryl methyl sites for hydroxylation is 1. The van der Waals surface area contributed by atoms with Crippen LogP contribution >= 0.6 is 0 Å². The van der Waals surface area contributed by atoms with Crippen molar-refractivity contribution in [2.75, 3.05) is 19.0 Å². The number of nitrogens with one attached hydrogen (secondary N) is 2. The first-order valence-corrected chi connectivity index (χ1v) is 7.43. The van der Waals surface area contributed by atoms with Crippen LogP contribution in [0.2, 0.25) is 0 Å². The van der Waals surface area contributed by atoms with Crippen molar-refractivity contribution in [3.05, 3.63) is 59.4 Å². The predicted octanol–water partition coefficient (Wildman–Crippen LogP) is 2.44. The molecule has 0 unspecified atom stereocenters. The molecule has 0 saturated carbocycles. The zero-order chi connectivity index (χ0) is 17.5. The molecule has 24 heavy (non-hydrogen) atoms. The minimum atomic E-state index is -0.399. The van der Waals surface area contributed by atoms with Gasteiger partial charge in [0, 0.05) is 0 Å². The highest BCUT2D eigenvalue weighted by atomic mass is 19.1. The van der Waals surface area contributed by atoms with E-state index in [0.717, 1.165) is 5.56 Å². The Morgan fingerprint density at radius 1 is 1.12 bits per heavy atom. The van der Waals surface area contributed by atoms with Crippen LogP contribution in [-0.4, -0.2) is 25.5 Å². The topological polar surface area (TPSA) is 67.4 Å². The molecule has 2 amide bonds. The fourth-order valence-electron chi connectivity index (χ4n) is 2.19. The van der Waals surface area contributed by atoms with E-state index >= 15 is 0 Å². The van der Waals surface area contributed by atoms with Crippen LogP contribution in [0.3, 0.4) is 0 Å². The molecule has 0 aliphatic carbocycles. The summed E-state index contributed by atoms with van der Waals surface area (Å²) in [5.74, 6) is -0.580. The maximum atomic E-state index is 13.1. The normalized spacial score (nSPS) is 10.1. The lowest BCUT2D eigenvalue weighted by Gasteiger charge is -2.11. The number of methoxy groups -OCH3 is 1. The van der Waals surface area contributed by atoms with Crippen LogP contribution in [0.5, 0.6) is 5.75 Å². The summed E-state index contributed by atoms with van der Waals surface area (Å²) in [7, 11) is 1.51. The Kier molecular flexibility index (Phi) is 5.89. The van der Waals surface area contributed by atoms with Crippen molar-refractivity contribution >= 4 is 17.5 Å². The van der Waals surface area contributed by atoms with Crippen molar-refractivity contribution in [3.63, 3.8) is 0 Å². The molecule has 6 heteroatoms. The van der Waals surface area contributed by atoms with E-state index in [0.29, 0.717) is 17.0 Å². The molecule has 2 rings (SSSR count). The number of hydrogen-bond acceptors (Lipinski definition) is 3. The van der Waals surface area contributed by atoms with E-state index in [9.17, 15) is 14.0 Å². The van der Waals surface area contributed by atoms with Gasteiger partial charge in [-0.1, -0.05) is 18.2 Å². The maximum Gasteiger partial charge on any atom is 0.243 e. The fraction of sp³-hybridized carbons (Fsp3) is 0.222. The zero-order valence-electron chi connectivity index (χ0n) is 13.6. The molecule has 0 bridgehead atoms. The summed E-state index contributed by atoms with van der Waals surface area (Å²) < 4.78 is 18.2. The van der Waals surface area contributed by atoms with E-state index in [1.807, 2.05) is 13.0 Å². The van der Waals surface area contributed by atoms with Gasteiger partial charge in [-0.15, -0.1) is 0 Å². The Labute approximate surface area is 139 Å². The highest BCUT2D eigenvalue weighted by Gasteiger charge is 2.10. The van der Waals surface area contributed by atoms with Crippen LogP contribution in [-0.2, 0) is 16.0 Å². The minimum absolute atomic E-state index is 0.0127. The molecule has 5 nitrogen and oxygen atoms in total. The largest absolute Gasteiger partial charge is 0.495 e. The second-order valence-corrected chi connectivity index (χ2v) is 5.34. The first-order valence-electron chi connectivity index (χ1n) is 7.43. The third-order valence-corrected chi connectivity index (χ3v) is 3.33. The van der Waals surface area contributed by atoms with Gasteiger partial charge in [0.05, 0.1) is 25.8 Å². The number of rotatable bonds is 6. The van der Waals surface area contributed by atoms with Crippen LogP contribution in [0.1, 0.15) is 11.1 Å². The molecule has 126 valence electrons. The van der Waals surface area contributed by atoms with Gasteiger partial charge in [-0.05, 0) is 42.3 Å². The second-order valence-electron chi connectivity index (χ2n) is 5.34. The zero-order valence-corrected chi connectivity index (χ0v) is 13.6. The van der Waals surface area contributed by atoms with Crippen molar-refractivity contribution in [1.82, 2.24) is 5.32 Å². The summed E-state index contributed by atoms with van der Waals surface area (Å²) in [6.45, 7) is 1.72. The molecule has 0 aliphatic heterocycles. The van der Waals surface area contributed by atoms with Crippen molar-refractivity contribution < 1.29 is 18.7 Å². The number of benzene rings is 2. The molecule has 2 aromatic carbocycles. The molecule has 2 N–H and O–H groups in total. The number of amides is 2. The number of carbonyl (C=O) groups is 2. The lowest BCUT2D eigenvalue weighted by atomic mass is 10.1. The van der Waals surface area contributed by atoms with Gasteiger partial charge < -0.3 is 15.4 Å². The molecule has 2 aromatic rings. The Morgan fingerprint density at radius 3 is 2.62 bits per heavy atom. The van der Waals surface area contributed by atoms with Crippen molar-refractivity contribution in [2.24, 2.45) is 0 Å². The van der Waals surface area contributed by atoms with Crippen LogP contribution < -0.4 is 15.4 Å². The van der Waals surface area contributed by atoms with Crippen molar-refractivity contribution in [2.45, 2.75) is 13.3 Å². The van der Waals surface area contributed by atoms with E-state index in [2.05, 4.69) is 10.6 Å². The van der Waals surface area contributed by atoms with Crippen LogP contribution in [0.15, 0.2) is 42.5 Å². The van der Waals surface area contributed by atoms with Gasteiger partial charge in [0.15, 0.2) is 0 Å². The summed E-state index contributed by atoms with van der Waals surface area (Å²) in [4.78, 5) is 23.8.